The van der Waals surface area contributed by atoms with Gasteiger partial charge in [-0.15, -0.1) is 0 Å². The minimum Gasteiger partial charge on any atom is -0.496 e. The number of aliphatic carboxylic acids is 1. The van der Waals surface area contributed by atoms with Gasteiger partial charge in [0.2, 0.25) is 0 Å². The first kappa shape index (κ1) is 17.0. The molecule has 1 rings (SSSR count). The zero-order chi connectivity index (χ0) is 16.2. The number of hydrogen-bond acceptors (Lipinski definition) is 3. The molecule has 0 fully saturated rings. The van der Waals surface area contributed by atoms with Crippen molar-refractivity contribution >= 4 is 11.9 Å². The molecule has 0 unspecified atom stereocenters. The third-order valence-corrected chi connectivity index (χ3v) is 3.11. The highest BCUT2D eigenvalue weighted by Crippen LogP contribution is 2.25. The molecule has 1 amide bonds. The molecule has 0 spiro atoms. The Morgan fingerprint density at radius 1 is 1.24 bits per heavy atom. The zero-order valence-corrected chi connectivity index (χ0v) is 13.3. The van der Waals surface area contributed by atoms with E-state index < -0.39 is 5.97 Å². The number of carbonyl (C=O) groups is 2. The fourth-order valence-electron chi connectivity index (χ4n) is 2.40. The number of rotatable bonds is 6. The normalized spacial score (nSPS) is 10.6. The molecule has 0 saturated carbocycles. The lowest BCUT2D eigenvalue weighted by atomic mass is 10.0. The summed E-state index contributed by atoms with van der Waals surface area (Å²) in [5.41, 5.74) is 2.22. The van der Waals surface area contributed by atoms with Crippen molar-refractivity contribution in [3.8, 4) is 5.75 Å². The first-order chi connectivity index (χ1) is 9.76. The van der Waals surface area contributed by atoms with Crippen LogP contribution >= 0.6 is 0 Å². The highest BCUT2D eigenvalue weighted by atomic mass is 16.5. The lowest BCUT2D eigenvalue weighted by Crippen LogP contribution is -2.38. The van der Waals surface area contributed by atoms with E-state index in [2.05, 4.69) is 0 Å². The number of hydrogen-bond donors (Lipinski definition) is 1. The van der Waals surface area contributed by atoms with Gasteiger partial charge in [0.1, 0.15) is 12.3 Å². The first-order valence-electron chi connectivity index (χ1n) is 6.92. The Kier molecular flexibility index (Phi) is 5.76. The Morgan fingerprint density at radius 2 is 1.76 bits per heavy atom. The maximum absolute atomic E-state index is 12.5. The van der Waals surface area contributed by atoms with Gasteiger partial charge in [-0.25, -0.2) is 0 Å². The summed E-state index contributed by atoms with van der Waals surface area (Å²) in [7, 11) is 1.59. The highest BCUT2D eigenvalue weighted by Gasteiger charge is 2.21. The van der Waals surface area contributed by atoms with Gasteiger partial charge < -0.3 is 14.7 Å². The Morgan fingerprint density at radius 3 is 2.14 bits per heavy atom. The van der Waals surface area contributed by atoms with Crippen LogP contribution in [0.3, 0.4) is 0 Å². The monoisotopic (exact) mass is 293 g/mol. The van der Waals surface area contributed by atoms with E-state index >= 15 is 0 Å². The summed E-state index contributed by atoms with van der Waals surface area (Å²) in [4.78, 5) is 24.9. The molecule has 0 heterocycles. The average molecular weight is 293 g/mol. The second-order valence-electron chi connectivity index (χ2n) is 5.62. The number of ether oxygens (including phenoxy) is 1. The predicted octanol–water partition coefficient (Wildman–Crippen LogP) is 2.49. The van der Waals surface area contributed by atoms with E-state index in [1.54, 1.807) is 19.2 Å². The SMILES string of the molecule is COc1c(C)cc(C(=O)N(CC(=O)O)CC(C)C)cc1C. The maximum Gasteiger partial charge on any atom is 0.323 e. The molecule has 0 bridgehead atoms. The summed E-state index contributed by atoms with van der Waals surface area (Å²) in [6.45, 7) is 7.76. The zero-order valence-electron chi connectivity index (χ0n) is 13.3. The van der Waals surface area contributed by atoms with E-state index in [9.17, 15) is 9.59 Å². The molecule has 5 nitrogen and oxygen atoms in total. The van der Waals surface area contributed by atoms with Crippen molar-refractivity contribution in [2.75, 3.05) is 20.2 Å². The maximum atomic E-state index is 12.5. The van der Waals surface area contributed by atoms with Gasteiger partial charge in [0, 0.05) is 12.1 Å². The van der Waals surface area contributed by atoms with Gasteiger partial charge in [0.25, 0.3) is 5.91 Å². The molecule has 5 heteroatoms. The third kappa shape index (κ3) is 4.48. The average Bonchev–Trinajstić information content (AvgIpc) is 2.35. The second-order valence-corrected chi connectivity index (χ2v) is 5.62. The second kappa shape index (κ2) is 7.11. The van der Waals surface area contributed by atoms with Gasteiger partial charge in [-0.3, -0.25) is 9.59 Å². The summed E-state index contributed by atoms with van der Waals surface area (Å²) >= 11 is 0. The standard InChI is InChI=1S/C16H23NO4/c1-10(2)8-17(9-14(18)19)16(20)13-6-11(3)15(21-5)12(4)7-13/h6-7,10H,8-9H2,1-5H3,(H,18,19). The van der Waals surface area contributed by atoms with Gasteiger partial charge in [-0.05, 0) is 43.0 Å². The first-order valence-corrected chi connectivity index (χ1v) is 6.92. The van der Waals surface area contributed by atoms with Crippen LogP contribution in [0.15, 0.2) is 12.1 Å². The van der Waals surface area contributed by atoms with Crippen molar-refractivity contribution in [3.63, 3.8) is 0 Å². The molecule has 0 atom stereocenters. The van der Waals surface area contributed by atoms with Crippen LogP contribution < -0.4 is 4.74 Å². The van der Waals surface area contributed by atoms with E-state index in [0.717, 1.165) is 16.9 Å². The lowest BCUT2D eigenvalue weighted by Gasteiger charge is -2.23. The molecule has 0 aromatic heterocycles. The van der Waals surface area contributed by atoms with Crippen molar-refractivity contribution in [2.45, 2.75) is 27.7 Å². The van der Waals surface area contributed by atoms with Gasteiger partial charge >= 0.3 is 5.97 Å². The van der Waals surface area contributed by atoms with E-state index in [1.165, 1.54) is 4.90 Å². The molecule has 116 valence electrons. The van der Waals surface area contributed by atoms with E-state index in [-0.39, 0.29) is 18.4 Å². The van der Waals surface area contributed by atoms with Crippen molar-refractivity contribution in [1.29, 1.82) is 0 Å². The topological polar surface area (TPSA) is 66.8 Å². The number of carboxylic acid groups (broad SMARTS) is 1. The molecule has 21 heavy (non-hydrogen) atoms. The highest BCUT2D eigenvalue weighted by molar-refractivity contribution is 5.96. The van der Waals surface area contributed by atoms with Crippen LogP contribution in [-0.2, 0) is 4.79 Å². The van der Waals surface area contributed by atoms with Crippen LogP contribution in [0.4, 0.5) is 0 Å². The Hall–Kier alpha value is -2.04. The van der Waals surface area contributed by atoms with E-state index in [0.29, 0.717) is 12.1 Å². The minimum atomic E-state index is -1.01. The van der Waals surface area contributed by atoms with Crippen LogP contribution in [0.25, 0.3) is 0 Å². The van der Waals surface area contributed by atoms with Crippen LogP contribution in [0.2, 0.25) is 0 Å². The molecular formula is C16H23NO4. The number of nitrogens with zero attached hydrogens (tertiary/aromatic N) is 1. The third-order valence-electron chi connectivity index (χ3n) is 3.11. The molecular weight excluding hydrogens is 270 g/mol. The van der Waals surface area contributed by atoms with Crippen molar-refractivity contribution < 1.29 is 19.4 Å². The molecule has 0 saturated heterocycles. The number of methoxy groups -OCH3 is 1. The summed E-state index contributed by atoms with van der Waals surface area (Å²) in [5.74, 6) is -0.320. The lowest BCUT2D eigenvalue weighted by molar-refractivity contribution is -0.137. The van der Waals surface area contributed by atoms with Gasteiger partial charge in [0.05, 0.1) is 7.11 Å². The van der Waals surface area contributed by atoms with Crippen LogP contribution in [0, 0.1) is 19.8 Å². The molecule has 1 aromatic carbocycles. The number of amides is 1. The predicted molar refractivity (Wildman–Crippen MR) is 80.8 cm³/mol. The fourth-order valence-corrected chi connectivity index (χ4v) is 2.40. The molecule has 0 aliphatic carbocycles. The Bertz CT molecular complexity index is 514. The molecule has 1 N–H and O–H groups in total. The van der Waals surface area contributed by atoms with Crippen molar-refractivity contribution in [2.24, 2.45) is 5.92 Å². The van der Waals surface area contributed by atoms with Crippen molar-refractivity contribution in [3.05, 3.63) is 28.8 Å². The molecule has 1 aromatic rings. The van der Waals surface area contributed by atoms with Crippen LogP contribution in [0.1, 0.15) is 35.3 Å². The summed E-state index contributed by atoms with van der Waals surface area (Å²) in [5, 5.41) is 8.97. The molecule has 0 aliphatic rings. The minimum absolute atomic E-state index is 0.203. The fraction of sp³-hybridized carbons (Fsp3) is 0.500. The number of carbonyl (C=O) groups excluding carboxylic acids is 1. The van der Waals surface area contributed by atoms with Gasteiger partial charge in [-0.2, -0.15) is 0 Å². The van der Waals surface area contributed by atoms with E-state index in [1.807, 2.05) is 27.7 Å². The number of benzene rings is 1. The van der Waals surface area contributed by atoms with Gasteiger partial charge in [-0.1, -0.05) is 13.8 Å². The number of aryl methyl sites for hydroxylation is 2. The Labute approximate surface area is 125 Å². The molecule has 0 aliphatic heterocycles. The summed E-state index contributed by atoms with van der Waals surface area (Å²) in [6.07, 6.45) is 0. The Balaban J connectivity index is 3.11. The van der Waals surface area contributed by atoms with Crippen LogP contribution in [-0.4, -0.2) is 42.1 Å². The quantitative estimate of drug-likeness (QED) is 0.875. The molecule has 0 radical (unpaired) electrons. The largest absolute Gasteiger partial charge is 0.496 e. The van der Waals surface area contributed by atoms with Gasteiger partial charge in [0.15, 0.2) is 0 Å². The summed E-state index contributed by atoms with van der Waals surface area (Å²) in [6, 6.07) is 3.48. The summed E-state index contributed by atoms with van der Waals surface area (Å²) < 4.78 is 5.28. The van der Waals surface area contributed by atoms with E-state index in [4.69, 9.17) is 9.84 Å². The smallest absolute Gasteiger partial charge is 0.323 e. The van der Waals surface area contributed by atoms with Crippen molar-refractivity contribution in [1.82, 2.24) is 4.90 Å². The van der Waals surface area contributed by atoms with Crippen LogP contribution in [0.5, 0.6) is 5.75 Å². The number of carboxylic acids is 1.